The zero-order valence-electron chi connectivity index (χ0n) is 7.85. The highest BCUT2D eigenvalue weighted by atomic mass is 32.2. The summed E-state index contributed by atoms with van der Waals surface area (Å²) in [5, 5.41) is 2.65. The fourth-order valence-corrected chi connectivity index (χ4v) is 1.62. The maximum Gasteiger partial charge on any atom is 0.144 e. The lowest BCUT2D eigenvalue weighted by Crippen LogP contribution is -2.19. The minimum atomic E-state index is -1.19. The molecule has 0 spiro atoms. The molecule has 1 aromatic rings. The highest BCUT2D eigenvalue weighted by molar-refractivity contribution is 7.85. The van der Waals surface area contributed by atoms with E-state index < -0.39 is 11.0 Å². The van der Waals surface area contributed by atoms with E-state index in [2.05, 4.69) is 9.38 Å². The second-order valence-electron chi connectivity index (χ2n) is 3.47. The molecule has 0 aliphatic carbocycles. The van der Waals surface area contributed by atoms with Crippen LogP contribution in [0.4, 0.5) is 0 Å². The van der Waals surface area contributed by atoms with E-state index in [1.165, 1.54) is 11.3 Å². The molecular formula is C8H12N2OS2. The Morgan fingerprint density at radius 2 is 2.31 bits per heavy atom. The summed E-state index contributed by atoms with van der Waals surface area (Å²) >= 11 is 1.48. The molecule has 0 fully saturated rings. The largest absolute Gasteiger partial charge is 0.244 e. The zero-order chi connectivity index (χ0) is 9.90. The Hall–Kier alpha value is -0.550. The minimum Gasteiger partial charge on any atom is -0.244 e. The second kappa shape index (κ2) is 4.11. The first-order chi connectivity index (χ1) is 6.00. The van der Waals surface area contributed by atoms with E-state index in [1.54, 1.807) is 12.4 Å². The molecule has 0 saturated carbocycles. The highest BCUT2D eigenvalue weighted by Gasteiger charge is 2.18. The van der Waals surface area contributed by atoms with Crippen LogP contribution in [0, 0.1) is 0 Å². The van der Waals surface area contributed by atoms with Gasteiger partial charge in [0, 0.05) is 11.6 Å². The van der Waals surface area contributed by atoms with E-state index in [1.807, 2.05) is 26.2 Å². The third-order valence-electron chi connectivity index (χ3n) is 1.23. The Balaban J connectivity index is 2.65. The molecule has 0 radical (unpaired) electrons. The molecule has 3 nitrogen and oxygen atoms in total. The average molecular weight is 216 g/mol. The van der Waals surface area contributed by atoms with Gasteiger partial charge in [0.25, 0.3) is 0 Å². The van der Waals surface area contributed by atoms with Crippen LogP contribution in [0.25, 0.3) is 0 Å². The van der Waals surface area contributed by atoms with Crippen LogP contribution < -0.4 is 0 Å². The van der Waals surface area contributed by atoms with Crippen LogP contribution >= 0.6 is 11.3 Å². The zero-order valence-corrected chi connectivity index (χ0v) is 9.48. The Morgan fingerprint density at radius 3 is 2.77 bits per heavy atom. The van der Waals surface area contributed by atoms with Gasteiger partial charge in [-0.05, 0) is 20.8 Å². The molecule has 0 aliphatic heterocycles. The third-order valence-corrected chi connectivity index (χ3v) is 3.29. The standard InChI is InChI=1S/C8H12N2OS2/c1-8(2,3)13(11)10-6-7-9-4-5-12-7/h4-6H,1-3H3/b10-6+/t13-/m0/s1. The summed E-state index contributed by atoms with van der Waals surface area (Å²) in [7, 11) is -1.19. The molecule has 0 saturated heterocycles. The molecule has 5 heteroatoms. The van der Waals surface area contributed by atoms with Gasteiger partial charge in [0.05, 0.1) is 11.0 Å². The molecule has 0 bridgehead atoms. The lowest BCUT2D eigenvalue weighted by atomic mass is 10.3. The summed E-state index contributed by atoms with van der Waals surface area (Å²) in [6.45, 7) is 5.67. The third kappa shape index (κ3) is 3.36. The highest BCUT2D eigenvalue weighted by Crippen LogP contribution is 2.12. The number of nitrogens with zero attached hydrogens (tertiary/aromatic N) is 2. The van der Waals surface area contributed by atoms with E-state index >= 15 is 0 Å². The molecule has 0 aromatic carbocycles. The van der Waals surface area contributed by atoms with Gasteiger partial charge in [0.15, 0.2) is 0 Å². The van der Waals surface area contributed by atoms with Crippen molar-refractivity contribution in [2.75, 3.05) is 0 Å². The summed E-state index contributed by atoms with van der Waals surface area (Å²) in [6.07, 6.45) is 3.26. The van der Waals surface area contributed by atoms with Crippen LogP contribution in [0.15, 0.2) is 16.0 Å². The predicted octanol–water partition coefficient (Wildman–Crippen LogP) is 2.02. The van der Waals surface area contributed by atoms with Crippen molar-refractivity contribution in [3.63, 3.8) is 0 Å². The quantitative estimate of drug-likeness (QED) is 0.710. The SMILES string of the molecule is CC(C)(C)[S@](=O)/N=C/c1nccs1. The molecular weight excluding hydrogens is 204 g/mol. The van der Waals surface area contributed by atoms with E-state index in [9.17, 15) is 4.21 Å². The van der Waals surface area contributed by atoms with Gasteiger partial charge in [-0.25, -0.2) is 9.19 Å². The first kappa shape index (κ1) is 10.5. The van der Waals surface area contributed by atoms with Crippen molar-refractivity contribution >= 4 is 28.5 Å². The van der Waals surface area contributed by atoms with Gasteiger partial charge in [-0.3, -0.25) is 0 Å². The Morgan fingerprint density at radius 1 is 1.62 bits per heavy atom. The lowest BCUT2D eigenvalue weighted by molar-refractivity contribution is 0.651. The fraction of sp³-hybridized carbons (Fsp3) is 0.500. The Bertz CT molecular complexity index is 311. The van der Waals surface area contributed by atoms with Crippen molar-refractivity contribution in [3.05, 3.63) is 16.6 Å². The maximum absolute atomic E-state index is 11.4. The lowest BCUT2D eigenvalue weighted by Gasteiger charge is -2.12. The number of hydrogen-bond acceptors (Lipinski definition) is 3. The van der Waals surface area contributed by atoms with Gasteiger partial charge < -0.3 is 0 Å². The van der Waals surface area contributed by atoms with E-state index in [-0.39, 0.29) is 4.75 Å². The normalized spacial score (nSPS) is 15.0. The molecule has 1 atom stereocenters. The van der Waals surface area contributed by atoms with Gasteiger partial charge in [-0.1, -0.05) is 0 Å². The monoisotopic (exact) mass is 216 g/mol. The van der Waals surface area contributed by atoms with Crippen molar-refractivity contribution in [1.82, 2.24) is 4.98 Å². The molecule has 0 amide bonds. The minimum absolute atomic E-state index is 0.298. The van der Waals surface area contributed by atoms with Crippen LogP contribution in [0.2, 0.25) is 0 Å². The van der Waals surface area contributed by atoms with Crippen LogP contribution in [-0.4, -0.2) is 20.2 Å². The van der Waals surface area contributed by atoms with Crippen molar-refractivity contribution in [2.45, 2.75) is 25.5 Å². The summed E-state index contributed by atoms with van der Waals surface area (Å²) in [5.74, 6) is 0. The maximum atomic E-state index is 11.4. The first-order valence-corrected chi connectivity index (χ1v) is 5.84. The fourth-order valence-electron chi connectivity index (χ4n) is 0.549. The second-order valence-corrected chi connectivity index (χ2v) is 6.33. The smallest absolute Gasteiger partial charge is 0.144 e. The number of aromatic nitrogens is 1. The average Bonchev–Trinajstić information content (AvgIpc) is 2.50. The molecule has 1 aromatic heterocycles. The van der Waals surface area contributed by atoms with Gasteiger partial charge in [0.2, 0.25) is 0 Å². The number of thiazole rings is 1. The van der Waals surface area contributed by atoms with E-state index in [4.69, 9.17) is 0 Å². The predicted molar refractivity (Wildman–Crippen MR) is 57.6 cm³/mol. The van der Waals surface area contributed by atoms with E-state index in [0.717, 1.165) is 5.01 Å². The molecule has 72 valence electrons. The van der Waals surface area contributed by atoms with Gasteiger partial charge in [-0.15, -0.1) is 11.3 Å². The summed E-state index contributed by atoms with van der Waals surface area (Å²) < 4.78 is 15.1. The van der Waals surface area contributed by atoms with Crippen LogP contribution in [0.1, 0.15) is 25.8 Å². The Kier molecular flexibility index (Phi) is 3.33. The summed E-state index contributed by atoms with van der Waals surface area (Å²) in [6, 6.07) is 0. The molecule has 1 heterocycles. The van der Waals surface area contributed by atoms with Crippen molar-refractivity contribution in [2.24, 2.45) is 4.40 Å². The summed E-state index contributed by atoms with van der Waals surface area (Å²) in [5.41, 5.74) is 0. The van der Waals surface area contributed by atoms with Crippen LogP contribution in [-0.2, 0) is 11.0 Å². The van der Waals surface area contributed by atoms with Gasteiger partial charge in [-0.2, -0.15) is 4.40 Å². The molecule has 0 unspecified atom stereocenters. The molecule has 1 rings (SSSR count). The van der Waals surface area contributed by atoms with Crippen molar-refractivity contribution in [3.8, 4) is 0 Å². The topological polar surface area (TPSA) is 42.3 Å². The number of rotatable bonds is 2. The molecule has 13 heavy (non-hydrogen) atoms. The summed E-state index contributed by atoms with van der Waals surface area (Å²) in [4.78, 5) is 4.01. The van der Waals surface area contributed by atoms with Gasteiger partial charge >= 0.3 is 0 Å². The number of hydrogen-bond donors (Lipinski definition) is 0. The molecule has 0 aliphatic rings. The van der Waals surface area contributed by atoms with Crippen LogP contribution in [0.5, 0.6) is 0 Å². The first-order valence-electron chi connectivity index (χ1n) is 3.86. The van der Waals surface area contributed by atoms with E-state index in [0.29, 0.717) is 0 Å². The van der Waals surface area contributed by atoms with Crippen molar-refractivity contribution < 1.29 is 4.21 Å². The van der Waals surface area contributed by atoms with Crippen LogP contribution in [0.3, 0.4) is 0 Å². The Labute approximate surface area is 84.5 Å². The van der Waals surface area contributed by atoms with Gasteiger partial charge in [0.1, 0.15) is 16.0 Å². The molecule has 0 N–H and O–H groups in total. The van der Waals surface area contributed by atoms with Crippen molar-refractivity contribution in [1.29, 1.82) is 0 Å².